The zero-order valence-electron chi connectivity index (χ0n) is 29.5. The number of hydrogen-bond acceptors (Lipinski definition) is 15. The predicted octanol–water partition coefficient (Wildman–Crippen LogP) is 0.991. The summed E-state index contributed by atoms with van der Waals surface area (Å²) in [5.74, 6) is -2.97. The number of rotatable bonds is 8. The molecule has 47 heavy (non-hydrogen) atoms. The summed E-state index contributed by atoms with van der Waals surface area (Å²) in [5.41, 5.74) is -4.22. The molecule has 2 rings (SSSR count). The van der Waals surface area contributed by atoms with Gasteiger partial charge in [-0.25, -0.2) is 0 Å². The second-order valence-electron chi connectivity index (χ2n) is 16.1. The first-order valence-electron chi connectivity index (χ1n) is 15.6. The fraction of sp³-hybridized carbons (Fsp3) is 0.875. The summed E-state index contributed by atoms with van der Waals surface area (Å²) in [5, 5.41) is 41.1. The van der Waals surface area contributed by atoms with Gasteiger partial charge < -0.3 is 53.6 Å². The van der Waals surface area contributed by atoms with Crippen molar-refractivity contribution >= 4 is 23.9 Å². The molecule has 2 aliphatic heterocycles. The molecular formula is C32H54O15. The van der Waals surface area contributed by atoms with Crippen LogP contribution in [-0.2, 0) is 52.3 Å². The summed E-state index contributed by atoms with van der Waals surface area (Å²) in [6.45, 7) is 17.7. The maximum absolute atomic E-state index is 13.4. The van der Waals surface area contributed by atoms with Gasteiger partial charge in [-0.05, 0) is 83.1 Å². The van der Waals surface area contributed by atoms with E-state index in [1.54, 1.807) is 83.1 Å². The topological polar surface area (TPSA) is 214 Å². The molecule has 15 nitrogen and oxygen atoms in total. The Labute approximate surface area is 276 Å². The van der Waals surface area contributed by atoms with Gasteiger partial charge in [0.25, 0.3) is 0 Å². The van der Waals surface area contributed by atoms with Gasteiger partial charge in [-0.2, -0.15) is 0 Å². The summed E-state index contributed by atoms with van der Waals surface area (Å²) in [7, 11) is 0. The van der Waals surface area contributed by atoms with Gasteiger partial charge in [-0.3, -0.25) is 19.2 Å². The van der Waals surface area contributed by atoms with Crippen LogP contribution in [0.25, 0.3) is 0 Å². The molecule has 2 saturated heterocycles. The Balaban J connectivity index is 2.76. The Morgan fingerprint density at radius 1 is 0.553 bits per heavy atom. The second kappa shape index (κ2) is 15.0. The quantitative estimate of drug-likeness (QED) is 0.208. The largest absolute Gasteiger partial charge is 0.462 e. The number of hydrogen-bond donors (Lipinski definition) is 4. The first-order chi connectivity index (χ1) is 21.2. The van der Waals surface area contributed by atoms with Crippen molar-refractivity contribution in [1.82, 2.24) is 0 Å². The van der Waals surface area contributed by atoms with E-state index in [4.69, 9.17) is 33.2 Å². The van der Waals surface area contributed by atoms with Crippen molar-refractivity contribution in [1.29, 1.82) is 0 Å². The number of ether oxygens (including phenoxy) is 7. The predicted molar refractivity (Wildman–Crippen MR) is 162 cm³/mol. The van der Waals surface area contributed by atoms with Crippen molar-refractivity contribution in [3.8, 4) is 0 Å². The molecule has 0 aromatic rings. The van der Waals surface area contributed by atoms with E-state index in [0.29, 0.717) is 0 Å². The Hall–Kier alpha value is -2.40. The average Bonchev–Trinajstić information content (AvgIpc) is 2.92. The molecule has 0 radical (unpaired) electrons. The SMILES string of the molecule is CC(C)(C)C(=O)OC[C@H]1O[C@@H](O[C@@H]2[C@H](O)[C@@H](O)[C@H](O)O[C@@H]2CO)[C@H](OC(=O)C(C)(C)C)[C@@H](OC(=O)C(C)(C)C)[C@@H]1OC(=O)C(C)(C)C. The lowest BCUT2D eigenvalue weighted by molar-refractivity contribution is -0.357. The fourth-order valence-corrected chi connectivity index (χ4v) is 4.19. The normalized spacial score (nSPS) is 32.3. The van der Waals surface area contributed by atoms with Crippen LogP contribution in [0.5, 0.6) is 0 Å². The van der Waals surface area contributed by atoms with Crippen LogP contribution in [0.1, 0.15) is 83.1 Å². The van der Waals surface area contributed by atoms with Crippen LogP contribution in [0.15, 0.2) is 0 Å². The summed E-state index contributed by atoms with van der Waals surface area (Å²) < 4.78 is 40.6. The molecule has 2 aliphatic rings. The van der Waals surface area contributed by atoms with Crippen LogP contribution in [0.4, 0.5) is 0 Å². The average molecular weight is 679 g/mol. The maximum atomic E-state index is 13.4. The first-order valence-corrected chi connectivity index (χ1v) is 15.6. The number of carbonyl (C=O) groups excluding carboxylic acids is 4. The molecular weight excluding hydrogens is 624 g/mol. The molecule has 0 saturated carbocycles. The summed E-state index contributed by atoms with van der Waals surface area (Å²) in [6, 6.07) is 0. The van der Waals surface area contributed by atoms with Gasteiger partial charge in [0.15, 0.2) is 30.9 Å². The molecule has 0 aromatic carbocycles. The van der Waals surface area contributed by atoms with Gasteiger partial charge in [0.05, 0.1) is 28.3 Å². The molecule has 272 valence electrons. The second-order valence-corrected chi connectivity index (χ2v) is 16.1. The highest BCUT2D eigenvalue weighted by Crippen LogP contribution is 2.36. The van der Waals surface area contributed by atoms with E-state index in [-0.39, 0.29) is 0 Å². The number of carbonyl (C=O) groups is 4. The summed E-state index contributed by atoms with van der Waals surface area (Å²) >= 11 is 0. The minimum Gasteiger partial charge on any atom is -0.462 e. The van der Waals surface area contributed by atoms with Gasteiger partial charge in [0.2, 0.25) is 0 Å². The molecule has 0 spiro atoms. The Morgan fingerprint density at radius 3 is 1.40 bits per heavy atom. The monoisotopic (exact) mass is 678 g/mol. The fourth-order valence-electron chi connectivity index (χ4n) is 4.19. The molecule has 2 heterocycles. The number of aliphatic hydroxyl groups is 4. The van der Waals surface area contributed by atoms with E-state index < -0.39 is 120 Å². The van der Waals surface area contributed by atoms with Crippen LogP contribution in [0.2, 0.25) is 0 Å². The van der Waals surface area contributed by atoms with Gasteiger partial charge >= 0.3 is 23.9 Å². The lowest BCUT2D eigenvalue weighted by atomic mass is 9.92. The van der Waals surface area contributed by atoms with Crippen molar-refractivity contribution < 1.29 is 72.8 Å². The maximum Gasteiger partial charge on any atom is 0.311 e. The van der Waals surface area contributed by atoms with E-state index in [2.05, 4.69) is 0 Å². The molecule has 2 fully saturated rings. The molecule has 15 heteroatoms. The minimum atomic E-state index is -1.87. The summed E-state index contributed by atoms with van der Waals surface area (Å²) in [4.78, 5) is 52.8. The number of esters is 4. The lowest BCUT2D eigenvalue weighted by Crippen LogP contribution is -2.67. The van der Waals surface area contributed by atoms with Crippen molar-refractivity contribution in [3.63, 3.8) is 0 Å². The third-order valence-electron chi connectivity index (χ3n) is 7.28. The molecule has 10 atom stereocenters. The van der Waals surface area contributed by atoms with E-state index in [0.717, 1.165) is 0 Å². The molecule has 0 aliphatic carbocycles. The van der Waals surface area contributed by atoms with Crippen LogP contribution in [-0.4, -0.2) is 119 Å². The van der Waals surface area contributed by atoms with Crippen LogP contribution in [0.3, 0.4) is 0 Å². The van der Waals surface area contributed by atoms with Gasteiger partial charge in [-0.1, -0.05) is 0 Å². The van der Waals surface area contributed by atoms with Crippen LogP contribution < -0.4 is 0 Å². The van der Waals surface area contributed by atoms with E-state index >= 15 is 0 Å². The lowest BCUT2D eigenvalue weighted by Gasteiger charge is -2.48. The van der Waals surface area contributed by atoms with E-state index in [1.807, 2.05) is 0 Å². The van der Waals surface area contributed by atoms with Crippen molar-refractivity contribution in [3.05, 3.63) is 0 Å². The Morgan fingerprint density at radius 2 is 0.979 bits per heavy atom. The molecule has 0 unspecified atom stereocenters. The first kappa shape index (κ1) is 40.8. The van der Waals surface area contributed by atoms with Crippen LogP contribution in [0, 0.1) is 21.7 Å². The molecule has 0 bridgehead atoms. The minimum absolute atomic E-state index is 0.546. The van der Waals surface area contributed by atoms with Crippen molar-refractivity contribution in [2.75, 3.05) is 13.2 Å². The third-order valence-corrected chi connectivity index (χ3v) is 7.28. The van der Waals surface area contributed by atoms with Crippen LogP contribution >= 0.6 is 0 Å². The highest BCUT2D eigenvalue weighted by molar-refractivity contribution is 5.78. The standard InChI is InChI=1S/C32H54O15/c1-29(2,3)25(37)41-14-16-20(45-26(38)30(4,5)6)21(46-27(39)31(7,8)9)22(47-28(40)32(10,11)12)24(43-16)44-19-15(13-33)42-23(36)18(35)17(19)34/h15-24,33-36H,13-14H2,1-12H3/t15-,16-,17-,18-,19+,20-,21+,22-,23-,24+/m1/s1. The molecule has 4 N–H and O–H groups in total. The van der Waals surface area contributed by atoms with E-state index in [1.165, 1.54) is 0 Å². The van der Waals surface area contributed by atoms with Gasteiger partial charge in [0, 0.05) is 0 Å². The van der Waals surface area contributed by atoms with Crippen molar-refractivity contribution in [2.24, 2.45) is 21.7 Å². The Bertz CT molecular complexity index is 1110. The Kier molecular flexibility index (Phi) is 13.0. The number of aliphatic hydroxyl groups excluding tert-OH is 4. The highest BCUT2D eigenvalue weighted by Gasteiger charge is 2.57. The zero-order chi connectivity index (χ0) is 36.4. The third kappa shape index (κ3) is 10.5. The van der Waals surface area contributed by atoms with Gasteiger partial charge in [-0.15, -0.1) is 0 Å². The molecule has 0 amide bonds. The van der Waals surface area contributed by atoms with Gasteiger partial charge in [0.1, 0.15) is 37.1 Å². The van der Waals surface area contributed by atoms with E-state index in [9.17, 15) is 39.6 Å². The molecule has 0 aromatic heterocycles. The highest BCUT2D eigenvalue weighted by atomic mass is 16.8. The summed E-state index contributed by atoms with van der Waals surface area (Å²) in [6.07, 6.45) is -16.6. The zero-order valence-corrected chi connectivity index (χ0v) is 29.5. The van der Waals surface area contributed by atoms with Crippen molar-refractivity contribution in [2.45, 2.75) is 144 Å². The smallest absolute Gasteiger partial charge is 0.311 e.